The third kappa shape index (κ3) is 3.71. The summed E-state index contributed by atoms with van der Waals surface area (Å²) in [7, 11) is 0. The second kappa shape index (κ2) is 6.73. The van der Waals surface area contributed by atoms with Crippen molar-refractivity contribution in [1.29, 1.82) is 10.5 Å². The molecule has 0 saturated carbocycles. The van der Waals surface area contributed by atoms with Crippen molar-refractivity contribution in [2.24, 2.45) is 0 Å². The number of nitrogens with zero attached hydrogens (tertiary/aromatic N) is 2. The number of halogens is 1. The molecule has 0 aliphatic heterocycles. The normalized spacial score (nSPS) is 9.29. The van der Waals surface area contributed by atoms with Crippen LogP contribution in [-0.2, 0) is 0 Å². The molecule has 2 aromatic carbocycles. The van der Waals surface area contributed by atoms with Gasteiger partial charge in [0.15, 0.2) is 0 Å². The summed E-state index contributed by atoms with van der Waals surface area (Å²) in [5.41, 5.74) is 0.367. The molecule has 21 heavy (non-hydrogen) atoms. The number of para-hydroxylation sites is 1. The van der Waals surface area contributed by atoms with Crippen molar-refractivity contribution < 1.29 is 14.3 Å². The van der Waals surface area contributed by atoms with Gasteiger partial charge in [-0.15, -0.1) is 0 Å². The van der Waals surface area contributed by atoms with Crippen LogP contribution in [-0.4, -0.2) is 6.16 Å². The number of carbonyl (C=O) groups is 1. The van der Waals surface area contributed by atoms with Crippen LogP contribution >= 0.6 is 22.6 Å². The van der Waals surface area contributed by atoms with E-state index < -0.39 is 6.16 Å². The first-order chi connectivity index (χ1) is 10.1. The topological polar surface area (TPSA) is 83.1 Å². The highest BCUT2D eigenvalue weighted by Crippen LogP contribution is 2.25. The molecule has 102 valence electrons. The van der Waals surface area contributed by atoms with Gasteiger partial charge in [-0.2, -0.15) is 10.5 Å². The maximum atomic E-state index is 11.7. The zero-order valence-electron chi connectivity index (χ0n) is 10.5. The second-order valence-electron chi connectivity index (χ2n) is 3.82. The molecule has 0 saturated heterocycles. The Morgan fingerprint density at radius 1 is 1.00 bits per heavy atom. The van der Waals surface area contributed by atoms with Gasteiger partial charge < -0.3 is 9.47 Å². The van der Waals surface area contributed by atoms with Crippen molar-refractivity contribution in [3.63, 3.8) is 0 Å². The minimum Gasteiger partial charge on any atom is -0.395 e. The van der Waals surface area contributed by atoms with Crippen molar-refractivity contribution in [3.05, 3.63) is 57.2 Å². The first-order valence-electron chi connectivity index (χ1n) is 5.72. The maximum absolute atomic E-state index is 11.7. The highest BCUT2D eigenvalue weighted by Gasteiger charge is 2.14. The standard InChI is InChI=1S/C15H7IN2O3/c16-13-6-10(8-17)11(9-18)7-14(13)21-15(19)20-12-4-2-1-3-5-12/h1-7H. The lowest BCUT2D eigenvalue weighted by Gasteiger charge is -2.08. The molecule has 0 spiro atoms. The Kier molecular flexibility index (Phi) is 4.75. The molecule has 5 nitrogen and oxygen atoms in total. The summed E-state index contributed by atoms with van der Waals surface area (Å²) in [5, 5.41) is 17.9. The summed E-state index contributed by atoms with van der Waals surface area (Å²) < 4.78 is 10.6. The third-order valence-corrected chi connectivity index (χ3v) is 3.29. The van der Waals surface area contributed by atoms with E-state index in [2.05, 4.69) is 0 Å². The minimum atomic E-state index is -0.910. The summed E-state index contributed by atoms with van der Waals surface area (Å²) >= 11 is 1.91. The fraction of sp³-hybridized carbons (Fsp3) is 0. The number of nitriles is 2. The predicted octanol–water partition coefficient (Wildman–Crippen LogP) is 3.61. The van der Waals surface area contributed by atoms with E-state index in [1.54, 1.807) is 30.3 Å². The first kappa shape index (κ1) is 14.8. The molecule has 0 bridgehead atoms. The second-order valence-corrected chi connectivity index (χ2v) is 4.98. The Labute approximate surface area is 134 Å². The predicted molar refractivity (Wildman–Crippen MR) is 81.7 cm³/mol. The molecular formula is C15H7IN2O3. The lowest BCUT2D eigenvalue weighted by Crippen LogP contribution is -2.14. The van der Waals surface area contributed by atoms with Gasteiger partial charge >= 0.3 is 6.16 Å². The SMILES string of the molecule is N#Cc1cc(I)c(OC(=O)Oc2ccccc2)cc1C#N. The Balaban J connectivity index is 2.19. The number of hydrogen-bond acceptors (Lipinski definition) is 5. The zero-order chi connectivity index (χ0) is 15.2. The van der Waals surface area contributed by atoms with Crippen molar-refractivity contribution in [2.75, 3.05) is 0 Å². The third-order valence-electron chi connectivity index (χ3n) is 2.45. The van der Waals surface area contributed by atoms with E-state index in [0.717, 1.165) is 0 Å². The molecule has 2 rings (SSSR count). The van der Waals surface area contributed by atoms with E-state index in [4.69, 9.17) is 20.0 Å². The fourth-order valence-electron chi connectivity index (χ4n) is 1.51. The van der Waals surface area contributed by atoms with Crippen LogP contribution in [0.2, 0.25) is 0 Å². The van der Waals surface area contributed by atoms with Crippen molar-refractivity contribution in [3.8, 4) is 23.6 Å². The van der Waals surface area contributed by atoms with E-state index in [0.29, 0.717) is 9.32 Å². The quantitative estimate of drug-likeness (QED) is 0.445. The van der Waals surface area contributed by atoms with Gasteiger partial charge in [0.05, 0.1) is 14.7 Å². The van der Waals surface area contributed by atoms with Crippen LogP contribution in [0.1, 0.15) is 11.1 Å². The maximum Gasteiger partial charge on any atom is 0.519 e. The molecule has 0 fully saturated rings. The average molecular weight is 390 g/mol. The van der Waals surface area contributed by atoms with Gasteiger partial charge in [-0.25, -0.2) is 4.79 Å². The van der Waals surface area contributed by atoms with E-state index in [1.807, 2.05) is 34.7 Å². The van der Waals surface area contributed by atoms with E-state index >= 15 is 0 Å². The monoisotopic (exact) mass is 390 g/mol. The summed E-state index contributed by atoms with van der Waals surface area (Å²) in [4.78, 5) is 11.7. The van der Waals surface area contributed by atoms with E-state index in [1.165, 1.54) is 12.1 Å². The highest BCUT2D eigenvalue weighted by molar-refractivity contribution is 14.1. The molecule has 0 aliphatic carbocycles. The minimum absolute atomic E-state index is 0.139. The molecule has 0 radical (unpaired) electrons. The van der Waals surface area contributed by atoms with Crippen molar-refractivity contribution in [1.82, 2.24) is 0 Å². The summed E-state index contributed by atoms with van der Waals surface area (Å²) in [5.74, 6) is 0.527. The van der Waals surface area contributed by atoms with Crippen LogP contribution < -0.4 is 9.47 Å². The van der Waals surface area contributed by atoms with Gasteiger partial charge in [-0.05, 0) is 40.8 Å². The molecular weight excluding hydrogens is 383 g/mol. The van der Waals surface area contributed by atoms with Gasteiger partial charge in [-0.3, -0.25) is 0 Å². The van der Waals surface area contributed by atoms with Crippen LogP contribution in [0, 0.1) is 26.2 Å². The summed E-state index contributed by atoms with van der Waals surface area (Å²) in [6.07, 6.45) is -0.910. The number of hydrogen-bond donors (Lipinski definition) is 0. The van der Waals surface area contributed by atoms with E-state index in [-0.39, 0.29) is 16.9 Å². The molecule has 0 heterocycles. The van der Waals surface area contributed by atoms with Gasteiger partial charge in [-0.1, -0.05) is 18.2 Å². The molecule has 2 aromatic rings. The van der Waals surface area contributed by atoms with Gasteiger partial charge in [0, 0.05) is 6.07 Å². The smallest absolute Gasteiger partial charge is 0.395 e. The summed E-state index contributed by atoms with van der Waals surface area (Å²) in [6.45, 7) is 0. The fourth-order valence-corrected chi connectivity index (χ4v) is 2.09. The number of ether oxygens (including phenoxy) is 2. The van der Waals surface area contributed by atoms with Crippen molar-refractivity contribution >= 4 is 28.7 Å². The number of rotatable bonds is 2. The Bertz CT molecular complexity index is 761. The molecule has 0 aliphatic rings. The van der Waals surface area contributed by atoms with Gasteiger partial charge in [0.1, 0.15) is 23.6 Å². The molecule has 6 heteroatoms. The lowest BCUT2D eigenvalue weighted by atomic mass is 10.1. The van der Waals surface area contributed by atoms with E-state index in [9.17, 15) is 4.79 Å². The lowest BCUT2D eigenvalue weighted by molar-refractivity contribution is 0.151. The van der Waals surface area contributed by atoms with Gasteiger partial charge in [0.2, 0.25) is 0 Å². The first-order valence-corrected chi connectivity index (χ1v) is 6.80. The Hall–Kier alpha value is -2.58. The zero-order valence-corrected chi connectivity index (χ0v) is 12.7. The van der Waals surface area contributed by atoms with Crippen LogP contribution in [0.25, 0.3) is 0 Å². The molecule has 0 unspecified atom stereocenters. The largest absolute Gasteiger partial charge is 0.519 e. The van der Waals surface area contributed by atoms with Gasteiger partial charge in [0.25, 0.3) is 0 Å². The molecule has 0 aromatic heterocycles. The van der Waals surface area contributed by atoms with Crippen molar-refractivity contribution in [2.45, 2.75) is 0 Å². The Morgan fingerprint density at radius 3 is 2.24 bits per heavy atom. The van der Waals surface area contributed by atoms with Crippen LogP contribution in [0.4, 0.5) is 4.79 Å². The number of carbonyl (C=O) groups excluding carboxylic acids is 1. The van der Waals surface area contributed by atoms with Crippen LogP contribution in [0.5, 0.6) is 11.5 Å². The summed E-state index contributed by atoms with van der Waals surface area (Å²) in [6, 6.07) is 15.1. The highest BCUT2D eigenvalue weighted by atomic mass is 127. The molecule has 0 amide bonds. The Morgan fingerprint density at radius 2 is 1.62 bits per heavy atom. The molecule has 0 atom stereocenters. The van der Waals surface area contributed by atoms with Crippen LogP contribution in [0.15, 0.2) is 42.5 Å². The van der Waals surface area contributed by atoms with Crippen LogP contribution in [0.3, 0.4) is 0 Å². The average Bonchev–Trinajstić information content (AvgIpc) is 2.49. The number of benzene rings is 2. The molecule has 0 N–H and O–H groups in total.